The van der Waals surface area contributed by atoms with Gasteiger partial charge in [-0.3, -0.25) is 4.98 Å². The average Bonchev–Trinajstić information content (AvgIpc) is 4.06. The summed E-state index contributed by atoms with van der Waals surface area (Å²) in [7, 11) is 2.23. The Kier molecular flexibility index (Phi) is 8.93. The fraction of sp³-hybridized carbons (Fsp3) is 0.167. The smallest absolute Gasteiger partial charge is 0.119 e. The third-order valence-electron chi connectivity index (χ3n) is 16.5. The molecule has 9 aromatic rings. The Balaban J connectivity index is 1.13. The van der Waals surface area contributed by atoms with Gasteiger partial charge in [0, 0.05) is 24.6 Å². The van der Waals surface area contributed by atoms with Crippen molar-refractivity contribution in [1.29, 1.82) is 0 Å². The molecule has 0 amide bonds. The first-order valence-electron chi connectivity index (χ1n) is 24.5. The molecule has 334 valence electrons. The van der Waals surface area contributed by atoms with Gasteiger partial charge >= 0.3 is 0 Å². The van der Waals surface area contributed by atoms with E-state index in [9.17, 15) is 0 Å². The van der Waals surface area contributed by atoms with E-state index >= 15 is 0 Å². The molecule has 8 aromatic carbocycles. The molecule has 3 aliphatic carbocycles. The first-order chi connectivity index (χ1) is 33.6. The van der Waals surface area contributed by atoms with Gasteiger partial charge in [-0.2, -0.15) is 0 Å². The molecule has 0 unspecified atom stereocenters. The number of rotatable bonds is 6. The number of hydrogen-bond donors (Lipinski definition) is 0. The van der Waals surface area contributed by atoms with Crippen molar-refractivity contribution < 1.29 is 0 Å². The van der Waals surface area contributed by atoms with E-state index in [0.717, 1.165) is 12.4 Å². The molecule has 3 heteroatoms. The van der Waals surface area contributed by atoms with E-state index < -0.39 is 16.4 Å². The fourth-order valence-corrected chi connectivity index (χ4v) is 13.3. The molecule has 2 heterocycles. The lowest BCUT2D eigenvalue weighted by Gasteiger charge is -2.44. The van der Waals surface area contributed by atoms with Crippen LogP contribution in [0.15, 0.2) is 224 Å². The number of nitrogens with zero attached hydrogens (tertiary/aromatic N) is 3. The van der Waals surface area contributed by atoms with E-state index in [-0.39, 0.29) is 5.41 Å². The maximum atomic E-state index is 5.40. The Morgan fingerprint density at radius 3 is 1.22 bits per heavy atom. The predicted molar refractivity (Wildman–Crippen MR) is 282 cm³/mol. The highest BCUT2D eigenvalue weighted by atomic mass is 15.4. The third-order valence-corrected chi connectivity index (χ3v) is 16.5. The van der Waals surface area contributed by atoms with Crippen molar-refractivity contribution in [3.63, 3.8) is 0 Å². The van der Waals surface area contributed by atoms with Crippen LogP contribution in [0.3, 0.4) is 0 Å². The summed E-state index contributed by atoms with van der Waals surface area (Å²) in [6, 6.07) is 78.6. The monoisotopic (exact) mass is 889 g/mol. The molecule has 0 bridgehead atoms. The summed E-state index contributed by atoms with van der Waals surface area (Å²) in [5, 5.41) is 0. The number of pyridine rings is 1. The number of hydrogen-bond acceptors (Lipinski definition) is 3. The summed E-state index contributed by atoms with van der Waals surface area (Å²) in [5.74, 6) is 0. The lowest BCUT2D eigenvalue weighted by atomic mass is 9.64. The zero-order valence-electron chi connectivity index (χ0n) is 40.3. The second-order valence-electron chi connectivity index (χ2n) is 20.8. The van der Waals surface area contributed by atoms with Crippen molar-refractivity contribution in [1.82, 2.24) is 14.8 Å². The molecular formula is C66H55N3. The quantitative estimate of drug-likeness (QED) is 0.166. The fourth-order valence-electron chi connectivity index (χ4n) is 13.3. The predicted octanol–water partition coefficient (Wildman–Crippen LogP) is 14.8. The van der Waals surface area contributed by atoms with E-state index in [1.165, 1.54) is 106 Å². The van der Waals surface area contributed by atoms with E-state index in [0.29, 0.717) is 0 Å². The lowest BCUT2D eigenvalue weighted by Crippen LogP contribution is -2.46. The van der Waals surface area contributed by atoms with Gasteiger partial charge in [0.05, 0.1) is 23.2 Å². The van der Waals surface area contributed by atoms with Crippen LogP contribution in [0.4, 0.5) is 0 Å². The van der Waals surface area contributed by atoms with E-state index in [4.69, 9.17) is 4.98 Å². The van der Waals surface area contributed by atoms with Crippen LogP contribution in [-0.4, -0.2) is 28.5 Å². The summed E-state index contributed by atoms with van der Waals surface area (Å²) < 4.78 is 0. The summed E-state index contributed by atoms with van der Waals surface area (Å²) in [4.78, 5) is 10.5. The van der Waals surface area contributed by atoms with Crippen molar-refractivity contribution in [3.8, 4) is 33.4 Å². The van der Waals surface area contributed by atoms with Gasteiger partial charge in [-0.15, -0.1) is 0 Å². The lowest BCUT2D eigenvalue weighted by molar-refractivity contribution is 0.181. The molecule has 3 nitrogen and oxygen atoms in total. The number of allylic oxidation sites excluding steroid dienone is 2. The van der Waals surface area contributed by atoms with Gasteiger partial charge in [-0.05, 0) is 126 Å². The minimum Gasteiger partial charge on any atom is -0.359 e. The first-order valence-corrected chi connectivity index (χ1v) is 24.5. The summed E-state index contributed by atoms with van der Waals surface area (Å²) in [6.45, 7) is 12.3. The zero-order valence-corrected chi connectivity index (χ0v) is 40.3. The van der Waals surface area contributed by atoms with Crippen molar-refractivity contribution >= 4 is 0 Å². The highest BCUT2D eigenvalue weighted by Gasteiger charge is 2.54. The Hall–Kier alpha value is -7.75. The Morgan fingerprint density at radius 2 is 0.783 bits per heavy atom. The molecule has 0 saturated heterocycles. The Morgan fingerprint density at radius 1 is 0.406 bits per heavy atom. The minimum atomic E-state index is -0.685. The Bertz CT molecular complexity index is 3470. The molecule has 4 aliphatic rings. The standard InChI is InChI=1S/C66H55N3/c1-43-44(2)69(42-68(43)6)66(60-35-17-11-29-54(60)55-30-12-18-36-61(55)66)49-24-20-22-47(40-49)64(56-31-13-7-25-50(56)51-26-8-14-32-57(51)64)46-21-19-23-48(39-46)65(62-41-45(37-38-67-62)63(3,4)5)58-33-15-9-27-52(58)53-28-10-16-34-59(53)65/h7-41H,42H2,1-6H3. The van der Waals surface area contributed by atoms with Crippen molar-refractivity contribution in [2.24, 2.45) is 0 Å². The van der Waals surface area contributed by atoms with E-state index in [2.05, 4.69) is 258 Å². The van der Waals surface area contributed by atoms with Crippen LogP contribution in [0.25, 0.3) is 33.4 Å². The minimum absolute atomic E-state index is 0.0695. The van der Waals surface area contributed by atoms with E-state index in [1.54, 1.807) is 0 Å². The molecule has 1 aromatic heterocycles. The van der Waals surface area contributed by atoms with Gasteiger partial charge in [0.1, 0.15) is 5.54 Å². The van der Waals surface area contributed by atoms with Crippen LogP contribution in [-0.2, 0) is 21.8 Å². The molecule has 0 atom stereocenters. The average molecular weight is 890 g/mol. The van der Waals surface area contributed by atoms with Crippen LogP contribution in [0.2, 0.25) is 0 Å². The van der Waals surface area contributed by atoms with Gasteiger partial charge in [0.2, 0.25) is 0 Å². The molecule has 13 rings (SSSR count). The molecule has 1 aliphatic heterocycles. The van der Waals surface area contributed by atoms with E-state index in [1.807, 2.05) is 6.20 Å². The Labute approximate surface area is 407 Å². The second-order valence-corrected chi connectivity index (χ2v) is 20.8. The summed E-state index contributed by atoms with van der Waals surface area (Å²) >= 11 is 0. The van der Waals surface area contributed by atoms with Crippen molar-refractivity contribution in [3.05, 3.63) is 291 Å². The third kappa shape index (κ3) is 5.42. The molecule has 0 N–H and O–H groups in total. The molecular weight excluding hydrogens is 835 g/mol. The van der Waals surface area contributed by atoms with Crippen LogP contribution >= 0.6 is 0 Å². The number of fused-ring (bicyclic) bond motifs is 9. The topological polar surface area (TPSA) is 19.4 Å². The first kappa shape index (κ1) is 41.4. The van der Waals surface area contributed by atoms with Crippen LogP contribution in [0.1, 0.15) is 102 Å². The largest absolute Gasteiger partial charge is 0.359 e. The molecule has 69 heavy (non-hydrogen) atoms. The maximum Gasteiger partial charge on any atom is 0.119 e. The van der Waals surface area contributed by atoms with Crippen molar-refractivity contribution in [2.75, 3.05) is 13.7 Å². The number of aromatic nitrogens is 1. The normalized spacial score (nSPS) is 16.4. The van der Waals surface area contributed by atoms with Crippen LogP contribution in [0, 0.1) is 0 Å². The maximum absolute atomic E-state index is 5.40. The highest BCUT2D eigenvalue weighted by molar-refractivity contribution is 5.89. The molecule has 0 spiro atoms. The second kappa shape index (κ2) is 14.9. The van der Waals surface area contributed by atoms with Gasteiger partial charge < -0.3 is 9.80 Å². The van der Waals surface area contributed by atoms with Crippen molar-refractivity contribution in [2.45, 2.75) is 56.4 Å². The summed E-state index contributed by atoms with van der Waals surface area (Å²) in [6.07, 6.45) is 2.03. The van der Waals surface area contributed by atoms with Gasteiger partial charge in [-0.1, -0.05) is 215 Å². The van der Waals surface area contributed by atoms with Crippen LogP contribution < -0.4 is 0 Å². The zero-order chi connectivity index (χ0) is 46.9. The molecule has 0 saturated carbocycles. The van der Waals surface area contributed by atoms with Crippen LogP contribution in [0.5, 0.6) is 0 Å². The highest BCUT2D eigenvalue weighted by Crippen LogP contribution is 2.61. The molecule has 0 radical (unpaired) electrons. The van der Waals surface area contributed by atoms with Gasteiger partial charge in [0.15, 0.2) is 0 Å². The SMILES string of the molecule is CC1=C(C)N(C2(c3cccc(C4(c5cccc(C6(c7cc(C(C)(C)C)ccn7)c7ccccc7-c7ccccc76)c5)c5ccccc5-c5ccccc54)c3)c3ccccc3-c3ccccc32)CN1C. The van der Waals surface area contributed by atoms with Gasteiger partial charge in [-0.25, -0.2) is 0 Å². The summed E-state index contributed by atoms with van der Waals surface area (Å²) in [5.41, 5.74) is 23.2. The number of benzene rings is 8. The molecule has 0 fully saturated rings. The van der Waals surface area contributed by atoms with Gasteiger partial charge in [0.25, 0.3) is 0 Å².